The summed E-state index contributed by atoms with van der Waals surface area (Å²) in [6.45, 7) is 4.76. The van der Waals surface area contributed by atoms with Crippen molar-refractivity contribution in [2.24, 2.45) is 5.16 Å². The zero-order valence-corrected chi connectivity index (χ0v) is 24.9. The van der Waals surface area contributed by atoms with Gasteiger partial charge in [-0.2, -0.15) is 26.3 Å². The van der Waals surface area contributed by atoms with Crippen LogP contribution in [0, 0.1) is 0 Å². The maximum Gasteiger partial charge on any atom is 0.416 e. The van der Waals surface area contributed by atoms with E-state index in [1.807, 2.05) is 51.5 Å². The van der Waals surface area contributed by atoms with Gasteiger partial charge in [0.15, 0.2) is 0 Å². The standard InChI is InChI=1S/C31H37F6N5O2/c1-21(39-44-14-6-10-40(2)3)9-11-41-12-13-42(26(20-41)17-23-19-38-28-8-5-4-7-27(23)28)29(43)22-15-24(30(32,33)34)18-25(16-22)31(35,36)37/h4-5,7-8,15-16,18-19,26,38H,6,9-14,17,20H2,1-3H3/t26-/m1/s1. The number of carbonyl (C=O) groups is 1. The molecule has 1 fully saturated rings. The smallest absolute Gasteiger partial charge is 0.396 e. The number of aromatic amines is 1. The van der Waals surface area contributed by atoms with Crippen LogP contribution in [0.5, 0.6) is 0 Å². The Morgan fingerprint density at radius 3 is 2.39 bits per heavy atom. The van der Waals surface area contributed by atoms with Crippen LogP contribution in [0.15, 0.2) is 53.8 Å². The van der Waals surface area contributed by atoms with Crippen molar-refractivity contribution in [3.8, 4) is 0 Å². The van der Waals surface area contributed by atoms with E-state index in [0.29, 0.717) is 51.2 Å². The number of rotatable bonds is 11. The van der Waals surface area contributed by atoms with Crippen molar-refractivity contribution in [3.63, 3.8) is 0 Å². The molecule has 1 atom stereocenters. The first kappa shape index (κ1) is 33.3. The molecule has 0 spiro atoms. The average molecular weight is 626 g/mol. The molecule has 1 aliphatic heterocycles. The lowest BCUT2D eigenvalue weighted by molar-refractivity contribution is -0.143. The van der Waals surface area contributed by atoms with E-state index in [1.54, 1.807) is 0 Å². The summed E-state index contributed by atoms with van der Waals surface area (Å²) in [5.74, 6) is -0.866. The third kappa shape index (κ3) is 8.75. The van der Waals surface area contributed by atoms with E-state index in [2.05, 4.69) is 19.9 Å². The third-order valence-electron chi connectivity index (χ3n) is 7.64. The fourth-order valence-corrected chi connectivity index (χ4v) is 5.33. The molecule has 0 bridgehead atoms. The Morgan fingerprint density at radius 1 is 1.05 bits per heavy atom. The molecule has 3 aromatic rings. The lowest BCUT2D eigenvalue weighted by atomic mass is 9.98. The van der Waals surface area contributed by atoms with Crippen LogP contribution in [-0.2, 0) is 23.6 Å². The van der Waals surface area contributed by atoms with Crippen LogP contribution in [0.3, 0.4) is 0 Å². The van der Waals surface area contributed by atoms with Crippen molar-refractivity contribution < 1.29 is 36.0 Å². The van der Waals surface area contributed by atoms with Crippen molar-refractivity contribution in [2.45, 2.75) is 44.6 Å². The number of hydrogen-bond acceptors (Lipinski definition) is 5. The summed E-state index contributed by atoms with van der Waals surface area (Å²) in [6.07, 6.45) is -6.47. The summed E-state index contributed by atoms with van der Waals surface area (Å²) >= 11 is 0. The number of nitrogens with one attached hydrogen (secondary N) is 1. The van der Waals surface area contributed by atoms with Crippen LogP contribution in [0.25, 0.3) is 10.9 Å². The van der Waals surface area contributed by atoms with Gasteiger partial charge in [-0.15, -0.1) is 0 Å². The van der Waals surface area contributed by atoms with Crippen molar-refractivity contribution in [1.29, 1.82) is 0 Å². The molecule has 1 N–H and O–H groups in total. The maximum atomic E-state index is 13.7. The highest BCUT2D eigenvalue weighted by molar-refractivity contribution is 5.95. The number of fused-ring (bicyclic) bond motifs is 1. The van der Waals surface area contributed by atoms with E-state index in [1.165, 1.54) is 4.90 Å². The fourth-order valence-electron chi connectivity index (χ4n) is 5.33. The maximum absolute atomic E-state index is 13.7. The first-order valence-corrected chi connectivity index (χ1v) is 14.4. The zero-order chi connectivity index (χ0) is 32.1. The molecule has 1 aromatic heterocycles. The predicted octanol–water partition coefficient (Wildman–Crippen LogP) is 6.31. The van der Waals surface area contributed by atoms with Crippen molar-refractivity contribution in [1.82, 2.24) is 19.7 Å². The first-order valence-electron chi connectivity index (χ1n) is 14.4. The lowest BCUT2D eigenvalue weighted by Crippen LogP contribution is -2.56. The topological polar surface area (TPSA) is 64.2 Å². The molecule has 1 aliphatic rings. The van der Waals surface area contributed by atoms with E-state index in [4.69, 9.17) is 4.84 Å². The average Bonchev–Trinajstić information content (AvgIpc) is 3.37. The summed E-state index contributed by atoms with van der Waals surface area (Å²) in [6, 6.07) is 8.13. The highest BCUT2D eigenvalue weighted by Gasteiger charge is 2.39. The van der Waals surface area contributed by atoms with Gasteiger partial charge >= 0.3 is 12.4 Å². The number of halogens is 6. The van der Waals surface area contributed by atoms with Crippen LogP contribution in [0.2, 0.25) is 0 Å². The number of H-pyrrole nitrogens is 1. The SMILES string of the molecule is CC(CCN1CCN(C(=O)c2cc(C(F)(F)F)cc(C(F)(F)F)c2)[C@H](Cc2c[nH]c3ccccc23)C1)=NOCCCN(C)C. The van der Waals surface area contributed by atoms with Gasteiger partial charge in [0.1, 0.15) is 6.61 Å². The molecule has 240 valence electrons. The number of piperazine rings is 1. The van der Waals surface area contributed by atoms with Gasteiger partial charge in [-0.3, -0.25) is 9.69 Å². The van der Waals surface area contributed by atoms with E-state index in [0.717, 1.165) is 35.1 Å². The second kappa shape index (κ2) is 14.0. The molecule has 4 rings (SSSR count). The molecule has 44 heavy (non-hydrogen) atoms. The quantitative estimate of drug-likeness (QED) is 0.118. The Balaban J connectivity index is 1.54. The van der Waals surface area contributed by atoms with Crippen molar-refractivity contribution in [2.75, 3.05) is 53.4 Å². The first-order chi connectivity index (χ1) is 20.7. The number of aromatic nitrogens is 1. The fraction of sp³-hybridized carbons (Fsp3) is 0.484. The van der Waals surface area contributed by atoms with Crippen LogP contribution >= 0.6 is 0 Å². The Morgan fingerprint density at radius 2 is 1.73 bits per heavy atom. The van der Waals surface area contributed by atoms with E-state index in [9.17, 15) is 31.1 Å². The Kier molecular flexibility index (Phi) is 10.6. The second-order valence-electron chi connectivity index (χ2n) is 11.4. The molecule has 2 aromatic carbocycles. The molecule has 0 radical (unpaired) electrons. The normalized spacial score (nSPS) is 17.1. The molecule has 0 saturated carbocycles. The molecule has 0 aliphatic carbocycles. The number of oxime groups is 1. The minimum Gasteiger partial charge on any atom is -0.396 e. The van der Waals surface area contributed by atoms with Gasteiger partial charge in [0, 0.05) is 67.8 Å². The minimum absolute atomic E-state index is 0.0357. The van der Waals surface area contributed by atoms with Crippen LogP contribution < -0.4 is 0 Å². The summed E-state index contributed by atoms with van der Waals surface area (Å²) < 4.78 is 81.3. The number of hydrogen-bond donors (Lipinski definition) is 1. The molecule has 7 nitrogen and oxygen atoms in total. The van der Waals surface area contributed by atoms with E-state index >= 15 is 0 Å². The molecular formula is C31H37F6N5O2. The number of nitrogens with zero attached hydrogens (tertiary/aromatic N) is 4. The van der Waals surface area contributed by atoms with Crippen LogP contribution in [0.4, 0.5) is 26.3 Å². The Hall–Kier alpha value is -3.58. The monoisotopic (exact) mass is 625 g/mol. The summed E-state index contributed by atoms with van der Waals surface area (Å²) in [4.78, 5) is 27.9. The molecule has 0 unspecified atom stereocenters. The third-order valence-corrected chi connectivity index (χ3v) is 7.64. The molecular weight excluding hydrogens is 588 g/mol. The molecule has 1 amide bonds. The largest absolute Gasteiger partial charge is 0.416 e. The van der Waals surface area contributed by atoms with Gasteiger partial charge in [-0.25, -0.2) is 0 Å². The number of para-hydroxylation sites is 1. The predicted molar refractivity (Wildman–Crippen MR) is 157 cm³/mol. The van der Waals surface area contributed by atoms with Gasteiger partial charge in [-0.05, 0) is 63.7 Å². The van der Waals surface area contributed by atoms with Gasteiger partial charge in [0.05, 0.1) is 16.8 Å². The van der Waals surface area contributed by atoms with E-state index < -0.39 is 41.0 Å². The summed E-state index contributed by atoms with van der Waals surface area (Å²) in [5.41, 5.74) is -1.08. The molecule has 13 heteroatoms. The summed E-state index contributed by atoms with van der Waals surface area (Å²) in [5, 5.41) is 5.11. The highest BCUT2D eigenvalue weighted by Crippen LogP contribution is 2.37. The van der Waals surface area contributed by atoms with Crippen LogP contribution in [0.1, 0.15) is 46.8 Å². The Labute approximate surface area is 252 Å². The zero-order valence-electron chi connectivity index (χ0n) is 24.9. The summed E-state index contributed by atoms with van der Waals surface area (Å²) in [7, 11) is 3.96. The number of amides is 1. The highest BCUT2D eigenvalue weighted by atomic mass is 19.4. The van der Waals surface area contributed by atoms with Gasteiger partial charge in [0.2, 0.25) is 0 Å². The van der Waals surface area contributed by atoms with E-state index in [-0.39, 0.29) is 12.6 Å². The van der Waals surface area contributed by atoms with Gasteiger partial charge < -0.3 is 19.6 Å². The second-order valence-corrected chi connectivity index (χ2v) is 11.4. The van der Waals surface area contributed by atoms with Gasteiger partial charge in [0.25, 0.3) is 5.91 Å². The Bertz CT molecular complexity index is 1420. The number of alkyl halides is 6. The molecule has 1 saturated heterocycles. The lowest BCUT2D eigenvalue weighted by Gasteiger charge is -2.42. The molecule has 2 heterocycles. The van der Waals surface area contributed by atoms with Crippen molar-refractivity contribution in [3.05, 3.63) is 70.9 Å². The number of benzene rings is 2. The van der Waals surface area contributed by atoms with Crippen LogP contribution in [-0.4, -0.2) is 90.8 Å². The van der Waals surface area contributed by atoms with Crippen molar-refractivity contribution >= 4 is 22.5 Å². The van der Waals surface area contributed by atoms with Gasteiger partial charge in [-0.1, -0.05) is 23.4 Å². The minimum atomic E-state index is -5.05. The number of carbonyl (C=O) groups excluding carboxylic acids is 1.